The molecular weight excluding hydrogens is 311 g/mol. The van der Waals surface area contributed by atoms with E-state index in [1.54, 1.807) is 43.5 Å². The number of halogens is 2. The lowest BCUT2D eigenvalue weighted by molar-refractivity contribution is 0.0990. The molecule has 0 atom stereocenters. The third kappa shape index (κ3) is 3.49. The lowest BCUT2D eigenvalue weighted by Gasteiger charge is -2.11. The molecule has 0 bridgehead atoms. The van der Waals surface area contributed by atoms with E-state index >= 15 is 0 Å². The molecule has 2 rings (SSSR count). The Bertz CT molecular complexity index is 648. The predicted molar refractivity (Wildman–Crippen MR) is 84.0 cm³/mol. The Morgan fingerprint density at radius 3 is 2.29 bits per heavy atom. The van der Waals surface area contributed by atoms with Crippen LogP contribution >= 0.6 is 23.2 Å². The van der Waals surface area contributed by atoms with E-state index < -0.39 is 0 Å². The molecule has 2 aromatic rings. The minimum atomic E-state index is -0.121. The number of ketones is 1. The van der Waals surface area contributed by atoms with Gasteiger partial charge in [-0.15, -0.1) is 0 Å². The summed E-state index contributed by atoms with van der Waals surface area (Å²) < 4.78 is 10.4. The average molecular weight is 325 g/mol. The number of hydrogen-bond donors (Lipinski definition) is 0. The van der Waals surface area contributed by atoms with Crippen molar-refractivity contribution in [2.24, 2.45) is 0 Å². The normalized spacial score (nSPS) is 10.3. The van der Waals surface area contributed by atoms with Crippen molar-refractivity contribution >= 4 is 29.0 Å². The van der Waals surface area contributed by atoms with Crippen LogP contribution in [0.25, 0.3) is 0 Å². The van der Waals surface area contributed by atoms with Crippen LogP contribution in [0.2, 0.25) is 10.0 Å². The van der Waals surface area contributed by atoms with Crippen molar-refractivity contribution in [2.45, 2.75) is 6.42 Å². The Morgan fingerprint density at radius 2 is 1.71 bits per heavy atom. The highest BCUT2D eigenvalue weighted by Gasteiger charge is 2.17. The maximum absolute atomic E-state index is 12.5. The third-order valence-corrected chi connectivity index (χ3v) is 3.82. The van der Waals surface area contributed by atoms with Crippen LogP contribution < -0.4 is 9.47 Å². The molecule has 21 heavy (non-hydrogen) atoms. The number of carbonyl (C=O) groups excluding carboxylic acids is 1. The van der Waals surface area contributed by atoms with Gasteiger partial charge in [0.25, 0.3) is 0 Å². The fourth-order valence-corrected chi connectivity index (χ4v) is 2.52. The van der Waals surface area contributed by atoms with E-state index in [9.17, 15) is 4.79 Å². The summed E-state index contributed by atoms with van der Waals surface area (Å²) in [6.45, 7) is 0. The van der Waals surface area contributed by atoms with Crippen molar-refractivity contribution in [2.75, 3.05) is 14.2 Å². The molecule has 5 heteroatoms. The molecule has 110 valence electrons. The van der Waals surface area contributed by atoms with Gasteiger partial charge in [0, 0.05) is 22.5 Å². The highest BCUT2D eigenvalue weighted by atomic mass is 35.5. The molecule has 3 nitrogen and oxygen atoms in total. The number of Topliss-reactive ketones (excluding diaryl/α,β-unsaturated/α-hetero) is 1. The maximum Gasteiger partial charge on any atom is 0.171 e. The third-order valence-electron chi connectivity index (χ3n) is 3.11. The lowest BCUT2D eigenvalue weighted by Crippen LogP contribution is -2.07. The number of hydrogen-bond acceptors (Lipinski definition) is 3. The minimum absolute atomic E-state index is 0.112. The van der Waals surface area contributed by atoms with Crippen LogP contribution in [0.5, 0.6) is 11.5 Å². The van der Waals surface area contributed by atoms with E-state index in [0.717, 1.165) is 0 Å². The Morgan fingerprint density at radius 1 is 1.05 bits per heavy atom. The van der Waals surface area contributed by atoms with Gasteiger partial charge in [0.2, 0.25) is 0 Å². The summed E-state index contributed by atoms with van der Waals surface area (Å²) in [5.74, 6) is 0.964. The van der Waals surface area contributed by atoms with Gasteiger partial charge in [-0.2, -0.15) is 0 Å². The molecule has 0 spiro atoms. The number of rotatable bonds is 5. The van der Waals surface area contributed by atoms with Crippen LogP contribution in [-0.4, -0.2) is 20.0 Å². The van der Waals surface area contributed by atoms with E-state index in [1.165, 1.54) is 7.11 Å². The number of ether oxygens (including phenoxy) is 2. The molecule has 0 aliphatic carbocycles. The van der Waals surface area contributed by atoms with Crippen molar-refractivity contribution in [3.8, 4) is 11.5 Å². The molecular formula is C16H14Cl2O3. The first-order valence-corrected chi connectivity index (χ1v) is 7.00. The minimum Gasteiger partial charge on any atom is -0.497 e. The van der Waals surface area contributed by atoms with Gasteiger partial charge in [0.05, 0.1) is 19.8 Å². The van der Waals surface area contributed by atoms with Crippen molar-refractivity contribution in [3.63, 3.8) is 0 Å². The van der Waals surface area contributed by atoms with E-state index in [0.29, 0.717) is 32.7 Å². The SMILES string of the molecule is COc1ccc(C(=O)Cc2c(Cl)cccc2Cl)c(OC)c1. The van der Waals surface area contributed by atoms with Crippen LogP contribution in [0.15, 0.2) is 36.4 Å². The average Bonchev–Trinajstić information content (AvgIpc) is 2.50. The molecule has 0 heterocycles. The summed E-state index contributed by atoms with van der Waals surface area (Å²) in [6.07, 6.45) is 0.112. The standard InChI is InChI=1S/C16H14Cl2O3/c1-20-10-6-7-11(16(8-10)21-2)15(19)9-12-13(17)4-3-5-14(12)18/h3-8H,9H2,1-2H3. The number of methoxy groups -OCH3 is 2. The number of carbonyl (C=O) groups is 1. The first kappa shape index (κ1) is 15.7. The summed E-state index contributed by atoms with van der Waals surface area (Å²) >= 11 is 12.2. The first-order chi connectivity index (χ1) is 10.1. The second kappa shape index (κ2) is 6.83. The molecule has 0 aliphatic rings. The lowest BCUT2D eigenvalue weighted by atomic mass is 10.0. The van der Waals surface area contributed by atoms with Crippen LogP contribution in [0.4, 0.5) is 0 Å². The molecule has 0 N–H and O–H groups in total. The molecule has 0 aliphatic heterocycles. The van der Waals surface area contributed by atoms with E-state index in [2.05, 4.69) is 0 Å². The van der Waals surface area contributed by atoms with Gasteiger partial charge in [-0.25, -0.2) is 0 Å². The highest BCUT2D eigenvalue weighted by Crippen LogP contribution is 2.29. The molecule has 0 aromatic heterocycles. The van der Waals surface area contributed by atoms with Gasteiger partial charge < -0.3 is 9.47 Å². The van der Waals surface area contributed by atoms with Gasteiger partial charge in [0.1, 0.15) is 11.5 Å². The zero-order valence-electron chi connectivity index (χ0n) is 11.7. The Labute approximate surface area is 133 Å². The second-order valence-corrected chi connectivity index (χ2v) is 5.18. The van der Waals surface area contributed by atoms with Crippen molar-refractivity contribution in [1.29, 1.82) is 0 Å². The quantitative estimate of drug-likeness (QED) is 0.763. The zero-order valence-corrected chi connectivity index (χ0v) is 13.2. The Balaban J connectivity index is 2.32. The van der Waals surface area contributed by atoms with Gasteiger partial charge in [-0.3, -0.25) is 4.79 Å². The summed E-state index contributed by atoms with van der Waals surface area (Å²) in [6, 6.07) is 10.2. The summed E-state index contributed by atoms with van der Waals surface area (Å²) in [5.41, 5.74) is 1.08. The maximum atomic E-state index is 12.5. The summed E-state index contributed by atoms with van der Waals surface area (Å²) in [7, 11) is 3.06. The Kier molecular flexibility index (Phi) is 5.10. The van der Waals surface area contributed by atoms with Crippen molar-refractivity contribution < 1.29 is 14.3 Å². The van der Waals surface area contributed by atoms with Gasteiger partial charge in [0.15, 0.2) is 5.78 Å². The molecule has 0 radical (unpaired) electrons. The molecule has 0 saturated heterocycles. The Hall–Kier alpha value is -1.71. The molecule has 0 unspecified atom stereocenters. The molecule has 0 amide bonds. The highest BCUT2D eigenvalue weighted by molar-refractivity contribution is 6.36. The van der Waals surface area contributed by atoms with Gasteiger partial charge in [-0.05, 0) is 29.8 Å². The largest absolute Gasteiger partial charge is 0.497 e. The monoisotopic (exact) mass is 324 g/mol. The summed E-state index contributed by atoms with van der Waals surface area (Å²) in [4.78, 5) is 12.5. The van der Waals surface area contributed by atoms with Crippen LogP contribution in [0.3, 0.4) is 0 Å². The predicted octanol–water partition coefficient (Wildman–Crippen LogP) is 4.44. The van der Waals surface area contributed by atoms with E-state index in [4.69, 9.17) is 32.7 Å². The topological polar surface area (TPSA) is 35.5 Å². The van der Waals surface area contributed by atoms with Crippen LogP contribution in [0.1, 0.15) is 15.9 Å². The fourth-order valence-electron chi connectivity index (χ4n) is 1.99. The molecule has 0 fully saturated rings. The van der Waals surface area contributed by atoms with E-state index in [-0.39, 0.29) is 12.2 Å². The zero-order chi connectivity index (χ0) is 15.4. The van der Waals surface area contributed by atoms with E-state index in [1.807, 2.05) is 0 Å². The molecule has 2 aromatic carbocycles. The van der Waals surface area contributed by atoms with Crippen molar-refractivity contribution in [3.05, 3.63) is 57.6 Å². The van der Waals surface area contributed by atoms with Crippen molar-refractivity contribution in [1.82, 2.24) is 0 Å². The fraction of sp³-hybridized carbons (Fsp3) is 0.188. The first-order valence-electron chi connectivity index (χ1n) is 6.25. The number of benzene rings is 2. The van der Waals surface area contributed by atoms with Gasteiger partial charge >= 0.3 is 0 Å². The summed E-state index contributed by atoms with van der Waals surface area (Å²) in [5, 5.41) is 0.951. The molecule has 0 saturated carbocycles. The van der Waals surface area contributed by atoms with Crippen LogP contribution in [0, 0.1) is 0 Å². The second-order valence-electron chi connectivity index (χ2n) is 4.37. The van der Waals surface area contributed by atoms with Crippen LogP contribution in [-0.2, 0) is 6.42 Å². The smallest absolute Gasteiger partial charge is 0.171 e. The van der Waals surface area contributed by atoms with Gasteiger partial charge in [-0.1, -0.05) is 29.3 Å².